The molecule has 4 nitrogen and oxygen atoms in total. The highest BCUT2D eigenvalue weighted by atomic mass is 16.5. The van der Waals surface area contributed by atoms with Crippen LogP contribution in [-0.4, -0.2) is 26.7 Å². The van der Waals surface area contributed by atoms with Gasteiger partial charge >= 0.3 is 0 Å². The van der Waals surface area contributed by atoms with E-state index >= 15 is 0 Å². The summed E-state index contributed by atoms with van der Waals surface area (Å²) in [5.41, 5.74) is 3.55. The molecule has 4 rings (SSSR count). The summed E-state index contributed by atoms with van der Waals surface area (Å²) in [4.78, 5) is 14.8. The van der Waals surface area contributed by atoms with Crippen LogP contribution in [0.5, 0.6) is 11.5 Å². The predicted octanol–water partition coefficient (Wildman–Crippen LogP) is 4.76. The van der Waals surface area contributed by atoms with Gasteiger partial charge in [-0.15, -0.1) is 0 Å². The zero-order valence-corrected chi connectivity index (χ0v) is 15.7. The van der Waals surface area contributed by atoms with Gasteiger partial charge in [0.25, 0.3) is 5.91 Å². The van der Waals surface area contributed by atoms with Gasteiger partial charge in [-0.2, -0.15) is 0 Å². The van der Waals surface area contributed by atoms with Gasteiger partial charge in [-0.1, -0.05) is 36.4 Å². The standard InChI is InChI=1S/C23H21NO3/c1-4-24-19-10-6-5-8-16(19)18(23(24)25)14-15-12-13-20(26-2)17-9-7-11-21(27-3)22(15)17/h5-14H,4H2,1-3H3/b18-14-. The van der Waals surface area contributed by atoms with Crippen molar-refractivity contribution in [2.75, 3.05) is 25.7 Å². The zero-order chi connectivity index (χ0) is 19.0. The first-order chi connectivity index (χ1) is 13.2. The molecule has 1 aliphatic rings. The first kappa shape index (κ1) is 17.2. The van der Waals surface area contributed by atoms with Crippen molar-refractivity contribution in [3.05, 3.63) is 65.7 Å². The van der Waals surface area contributed by atoms with Crippen LogP contribution in [0.3, 0.4) is 0 Å². The second-order valence-corrected chi connectivity index (χ2v) is 6.36. The van der Waals surface area contributed by atoms with Gasteiger partial charge in [0.2, 0.25) is 0 Å². The van der Waals surface area contributed by atoms with Gasteiger partial charge in [0.15, 0.2) is 0 Å². The molecular formula is C23H21NO3. The SMILES string of the molecule is CCN1C(=O)/C(=C\c2ccc(OC)c3cccc(OC)c23)c2ccccc21. The van der Waals surface area contributed by atoms with Crippen molar-refractivity contribution >= 4 is 34.0 Å². The minimum Gasteiger partial charge on any atom is -0.496 e. The van der Waals surface area contributed by atoms with Crippen molar-refractivity contribution in [2.45, 2.75) is 6.92 Å². The van der Waals surface area contributed by atoms with E-state index in [1.807, 2.05) is 72.5 Å². The minimum atomic E-state index is 0.0255. The quantitative estimate of drug-likeness (QED) is 0.630. The molecule has 0 aromatic heterocycles. The third kappa shape index (κ3) is 2.65. The number of nitrogens with zero attached hydrogens (tertiary/aromatic N) is 1. The Kier molecular flexibility index (Phi) is 4.32. The van der Waals surface area contributed by atoms with Gasteiger partial charge in [-0.05, 0) is 36.8 Å². The molecule has 1 heterocycles. The van der Waals surface area contributed by atoms with Gasteiger partial charge in [0.05, 0.1) is 19.9 Å². The lowest BCUT2D eigenvalue weighted by atomic mass is 9.98. The van der Waals surface area contributed by atoms with Crippen molar-refractivity contribution in [3.8, 4) is 11.5 Å². The number of ether oxygens (including phenoxy) is 2. The summed E-state index contributed by atoms with van der Waals surface area (Å²) in [5, 5.41) is 1.89. The second-order valence-electron chi connectivity index (χ2n) is 6.36. The first-order valence-corrected chi connectivity index (χ1v) is 8.96. The largest absolute Gasteiger partial charge is 0.496 e. The van der Waals surface area contributed by atoms with E-state index in [-0.39, 0.29) is 5.91 Å². The van der Waals surface area contributed by atoms with Crippen LogP contribution < -0.4 is 14.4 Å². The average molecular weight is 359 g/mol. The van der Waals surface area contributed by atoms with Crippen LogP contribution in [0.15, 0.2) is 54.6 Å². The Labute approximate surface area is 158 Å². The number of fused-ring (bicyclic) bond motifs is 2. The number of carbonyl (C=O) groups excluding carboxylic acids is 1. The second kappa shape index (κ2) is 6.80. The number of hydrogen-bond acceptors (Lipinski definition) is 3. The maximum Gasteiger partial charge on any atom is 0.258 e. The Morgan fingerprint density at radius 2 is 1.70 bits per heavy atom. The first-order valence-electron chi connectivity index (χ1n) is 8.96. The summed E-state index contributed by atoms with van der Waals surface area (Å²) >= 11 is 0. The maximum atomic E-state index is 13.0. The van der Waals surface area contributed by atoms with Crippen LogP contribution in [0.1, 0.15) is 18.1 Å². The van der Waals surface area contributed by atoms with Crippen LogP contribution in [0.4, 0.5) is 5.69 Å². The van der Waals surface area contributed by atoms with Crippen molar-refractivity contribution < 1.29 is 14.3 Å². The molecule has 0 spiro atoms. The lowest BCUT2D eigenvalue weighted by molar-refractivity contribution is -0.112. The third-order valence-electron chi connectivity index (χ3n) is 5.01. The lowest BCUT2D eigenvalue weighted by Gasteiger charge is -2.14. The number of rotatable bonds is 4. The van der Waals surface area contributed by atoms with Crippen molar-refractivity contribution in [2.24, 2.45) is 0 Å². The molecule has 3 aromatic rings. The maximum absolute atomic E-state index is 13.0. The predicted molar refractivity (Wildman–Crippen MR) is 109 cm³/mol. The lowest BCUT2D eigenvalue weighted by Crippen LogP contribution is -2.25. The summed E-state index contributed by atoms with van der Waals surface area (Å²) in [7, 11) is 3.31. The number of para-hydroxylation sites is 1. The Hall–Kier alpha value is -3.27. The highest BCUT2D eigenvalue weighted by Crippen LogP contribution is 2.40. The molecule has 0 atom stereocenters. The number of amides is 1. The van der Waals surface area contributed by atoms with Gasteiger partial charge < -0.3 is 14.4 Å². The number of anilines is 1. The number of hydrogen-bond donors (Lipinski definition) is 0. The van der Waals surface area contributed by atoms with Crippen LogP contribution in [-0.2, 0) is 4.79 Å². The summed E-state index contributed by atoms with van der Waals surface area (Å²) in [6, 6.07) is 17.7. The van der Waals surface area contributed by atoms with E-state index in [0.717, 1.165) is 39.1 Å². The van der Waals surface area contributed by atoms with Crippen molar-refractivity contribution in [1.82, 2.24) is 0 Å². The molecule has 0 N–H and O–H groups in total. The molecule has 0 fully saturated rings. The van der Waals surface area contributed by atoms with Gasteiger partial charge in [0.1, 0.15) is 11.5 Å². The van der Waals surface area contributed by atoms with Crippen molar-refractivity contribution in [3.63, 3.8) is 0 Å². The van der Waals surface area contributed by atoms with Crippen LogP contribution in [0.25, 0.3) is 22.4 Å². The molecule has 4 heteroatoms. The number of likely N-dealkylation sites (N-methyl/N-ethyl adjacent to an activating group) is 1. The van der Waals surface area contributed by atoms with Crippen LogP contribution in [0, 0.1) is 0 Å². The van der Waals surface area contributed by atoms with E-state index in [2.05, 4.69) is 0 Å². The minimum absolute atomic E-state index is 0.0255. The topological polar surface area (TPSA) is 38.8 Å². The Morgan fingerprint density at radius 1 is 0.926 bits per heavy atom. The monoisotopic (exact) mass is 359 g/mol. The summed E-state index contributed by atoms with van der Waals surface area (Å²) in [6.45, 7) is 2.63. The van der Waals surface area contributed by atoms with E-state index in [1.165, 1.54) is 0 Å². The van der Waals surface area contributed by atoms with Gasteiger partial charge in [0, 0.05) is 28.5 Å². The molecule has 0 aliphatic carbocycles. The highest BCUT2D eigenvalue weighted by molar-refractivity contribution is 6.36. The third-order valence-corrected chi connectivity index (χ3v) is 5.01. The fraction of sp³-hybridized carbons (Fsp3) is 0.174. The summed E-state index contributed by atoms with van der Waals surface area (Å²) in [5.74, 6) is 1.56. The molecule has 0 unspecified atom stereocenters. The molecule has 0 saturated heterocycles. The molecule has 3 aromatic carbocycles. The van der Waals surface area contributed by atoms with E-state index in [4.69, 9.17) is 9.47 Å². The molecular weight excluding hydrogens is 338 g/mol. The molecule has 0 saturated carbocycles. The number of methoxy groups -OCH3 is 2. The molecule has 1 aliphatic heterocycles. The molecule has 1 amide bonds. The Bertz CT molecular complexity index is 1070. The smallest absolute Gasteiger partial charge is 0.258 e. The van der Waals surface area contributed by atoms with Crippen LogP contribution >= 0.6 is 0 Å². The summed E-state index contributed by atoms with van der Waals surface area (Å²) in [6.07, 6.45) is 1.96. The molecule has 136 valence electrons. The van der Waals surface area contributed by atoms with E-state index < -0.39 is 0 Å². The van der Waals surface area contributed by atoms with Crippen molar-refractivity contribution in [1.29, 1.82) is 0 Å². The van der Waals surface area contributed by atoms with E-state index in [9.17, 15) is 4.79 Å². The highest BCUT2D eigenvalue weighted by Gasteiger charge is 2.31. The summed E-state index contributed by atoms with van der Waals surface area (Å²) < 4.78 is 11.1. The fourth-order valence-corrected chi connectivity index (χ4v) is 3.76. The fourth-order valence-electron chi connectivity index (χ4n) is 3.76. The van der Waals surface area contributed by atoms with E-state index in [0.29, 0.717) is 12.1 Å². The molecule has 0 radical (unpaired) electrons. The van der Waals surface area contributed by atoms with Gasteiger partial charge in [-0.25, -0.2) is 0 Å². The number of carbonyl (C=O) groups is 1. The van der Waals surface area contributed by atoms with Crippen LogP contribution in [0.2, 0.25) is 0 Å². The zero-order valence-electron chi connectivity index (χ0n) is 15.7. The molecule has 0 bridgehead atoms. The Balaban J connectivity index is 1.98. The molecule has 27 heavy (non-hydrogen) atoms. The van der Waals surface area contributed by atoms with E-state index in [1.54, 1.807) is 14.2 Å². The Morgan fingerprint density at radius 3 is 2.44 bits per heavy atom. The van der Waals surface area contributed by atoms with Gasteiger partial charge in [-0.3, -0.25) is 4.79 Å². The average Bonchev–Trinajstić information content (AvgIpc) is 2.98. The number of benzene rings is 3. The normalized spacial score (nSPS) is 14.7.